The average molecular weight is 406 g/mol. The molecule has 0 atom stereocenters. The molecule has 1 aliphatic carbocycles. The highest BCUT2D eigenvalue weighted by Crippen LogP contribution is 2.32. The number of amides is 1. The van der Waals surface area contributed by atoms with Gasteiger partial charge in [0.2, 0.25) is 0 Å². The second-order valence-corrected chi connectivity index (χ2v) is 7.43. The highest BCUT2D eigenvalue weighted by atomic mass is 16.5. The van der Waals surface area contributed by atoms with Crippen molar-refractivity contribution >= 4 is 17.6 Å². The Bertz CT molecular complexity index is 665. The van der Waals surface area contributed by atoms with Crippen molar-refractivity contribution in [3.05, 3.63) is 23.8 Å². The maximum absolute atomic E-state index is 13.2. The monoisotopic (exact) mass is 405 g/mol. The van der Waals surface area contributed by atoms with Crippen LogP contribution in [0.15, 0.2) is 18.2 Å². The highest BCUT2D eigenvalue weighted by Gasteiger charge is 2.39. The molecule has 6 heteroatoms. The standard InChI is InChI=1S/C23H35NO5/c1-4-7-16-28-20-13-12-18(17-19(20)21(25)27-5-2)24-22(26)23(29-6-3)14-10-8-9-11-15-23/h12-13,17H,4-11,14-16H2,1-3H3,(H,24,26). The van der Waals surface area contributed by atoms with Crippen LogP contribution in [0.5, 0.6) is 5.75 Å². The summed E-state index contributed by atoms with van der Waals surface area (Å²) in [6, 6.07) is 5.11. The smallest absolute Gasteiger partial charge is 0.341 e. The molecule has 0 spiro atoms. The molecule has 1 saturated carbocycles. The van der Waals surface area contributed by atoms with E-state index in [1.54, 1.807) is 25.1 Å². The molecule has 0 saturated heterocycles. The average Bonchev–Trinajstić information content (AvgIpc) is 2.96. The fourth-order valence-electron chi connectivity index (χ4n) is 3.69. The minimum atomic E-state index is -0.800. The van der Waals surface area contributed by atoms with Gasteiger partial charge in [0, 0.05) is 12.3 Å². The molecule has 1 aliphatic rings. The number of anilines is 1. The van der Waals surface area contributed by atoms with Gasteiger partial charge >= 0.3 is 5.97 Å². The van der Waals surface area contributed by atoms with Gasteiger partial charge in [-0.2, -0.15) is 0 Å². The quantitative estimate of drug-likeness (QED) is 0.333. The Balaban J connectivity index is 2.22. The largest absolute Gasteiger partial charge is 0.493 e. The number of carbonyl (C=O) groups is 2. The highest BCUT2D eigenvalue weighted by molar-refractivity contribution is 5.99. The van der Waals surface area contributed by atoms with E-state index >= 15 is 0 Å². The van der Waals surface area contributed by atoms with Crippen LogP contribution in [0.4, 0.5) is 5.69 Å². The first-order valence-corrected chi connectivity index (χ1v) is 11.0. The fourth-order valence-corrected chi connectivity index (χ4v) is 3.69. The lowest BCUT2D eigenvalue weighted by atomic mass is 9.92. The first kappa shape index (κ1) is 23.2. The third-order valence-electron chi connectivity index (χ3n) is 5.23. The van der Waals surface area contributed by atoms with Crippen molar-refractivity contribution in [2.24, 2.45) is 0 Å². The number of ether oxygens (including phenoxy) is 3. The van der Waals surface area contributed by atoms with E-state index in [2.05, 4.69) is 12.2 Å². The van der Waals surface area contributed by atoms with Gasteiger partial charge in [-0.05, 0) is 51.3 Å². The Labute approximate surface area is 174 Å². The molecule has 29 heavy (non-hydrogen) atoms. The van der Waals surface area contributed by atoms with Crippen LogP contribution in [0.2, 0.25) is 0 Å². The van der Waals surface area contributed by atoms with Crippen LogP contribution in [-0.4, -0.2) is 37.3 Å². The molecule has 1 fully saturated rings. The lowest BCUT2D eigenvalue weighted by molar-refractivity contribution is -0.143. The molecule has 2 rings (SSSR count). The molecule has 0 unspecified atom stereocenters. The Kier molecular flexibility index (Phi) is 9.45. The van der Waals surface area contributed by atoms with Gasteiger partial charge in [-0.1, -0.05) is 39.0 Å². The third kappa shape index (κ3) is 6.46. The van der Waals surface area contributed by atoms with Crippen molar-refractivity contribution in [2.75, 3.05) is 25.1 Å². The van der Waals surface area contributed by atoms with Crippen molar-refractivity contribution < 1.29 is 23.8 Å². The zero-order valence-electron chi connectivity index (χ0n) is 18.1. The van der Waals surface area contributed by atoms with Gasteiger partial charge in [0.1, 0.15) is 16.9 Å². The lowest BCUT2D eigenvalue weighted by Gasteiger charge is -2.31. The molecule has 0 aromatic heterocycles. The number of hydrogen-bond donors (Lipinski definition) is 1. The van der Waals surface area contributed by atoms with Crippen molar-refractivity contribution in [2.45, 2.75) is 77.7 Å². The van der Waals surface area contributed by atoms with Crippen molar-refractivity contribution in [3.8, 4) is 5.75 Å². The molecule has 1 aromatic carbocycles. The summed E-state index contributed by atoms with van der Waals surface area (Å²) in [7, 11) is 0. The van der Waals surface area contributed by atoms with E-state index in [1.165, 1.54) is 0 Å². The summed E-state index contributed by atoms with van der Waals surface area (Å²) in [5, 5.41) is 2.97. The Hall–Kier alpha value is -2.08. The van der Waals surface area contributed by atoms with Crippen LogP contribution in [0.1, 0.15) is 82.5 Å². The summed E-state index contributed by atoms with van der Waals surface area (Å²) in [6.07, 6.45) is 7.54. The molecule has 6 nitrogen and oxygen atoms in total. The summed E-state index contributed by atoms with van der Waals surface area (Å²) in [4.78, 5) is 25.6. The maximum atomic E-state index is 13.2. The summed E-state index contributed by atoms with van der Waals surface area (Å²) >= 11 is 0. The summed E-state index contributed by atoms with van der Waals surface area (Å²) < 4.78 is 16.9. The van der Waals surface area contributed by atoms with Crippen LogP contribution in [-0.2, 0) is 14.3 Å². The van der Waals surface area contributed by atoms with Crippen LogP contribution in [0.3, 0.4) is 0 Å². The number of carbonyl (C=O) groups excluding carboxylic acids is 2. The first-order valence-electron chi connectivity index (χ1n) is 11.0. The Morgan fingerprint density at radius 3 is 2.38 bits per heavy atom. The van der Waals surface area contributed by atoms with E-state index in [9.17, 15) is 9.59 Å². The summed E-state index contributed by atoms with van der Waals surface area (Å²) in [5.41, 5.74) is 0.0716. The zero-order chi connectivity index (χ0) is 21.1. The number of rotatable bonds is 10. The second-order valence-electron chi connectivity index (χ2n) is 7.43. The molecule has 162 valence electrons. The van der Waals surface area contributed by atoms with Gasteiger partial charge in [-0.15, -0.1) is 0 Å². The van der Waals surface area contributed by atoms with E-state index < -0.39 is 11.6 Å². The van der Waals surface area contributed by atoms with Gasteiger partial charge in [-0.3, -0.25) is 4.79 Å². The SMILES string of the molecule is CCCCOc1ccc(NC(=O)C2(OCC)CCCCCC2)cc1C(=O)OCC. The van der Waals surface area contributed by atoms with Crippen LogP contribution < -0.4 is 10.1 Å². The fraction of sp³-hybridized carbons (Fsp3) is 0.652. The normalized spacial score (nSPS) is 16.0. The predicted molar refractivity (Wildman–Crippen MR) is 113 cm³/mol. The zero-order valence-corrected chi connectivity index (χ0v) is 18.1. The molecule has 1 amide bonds. The summed E-state index contributed by atoms with van der Waals surface area (Å²) in [5.74, 6) is -0.122. The maximum Gasteiger partial charge on any atom is 0.341 e. The molecule has 0 radical (unpaired) electrons. The molecular weight excluding hydrogens is 370 g/mol. The van der Waals surface area contributed by atoms with Gasteiger partial charge in [0.25, 0.3) is 5.91 Å². The van der Waals surface area contributed by atoms with Crippen LogP contribution >= 0.6 is 0 Å². The van der Waals surface area contributed by atoms with E-state index in [-0.39, 0.29) is 12.5 Å². The van der Waals surface area contributed by atoms with Crippen molar-refractivity contribution in [1.29, 1.82) is 0 Å². The number of nitrogens with one attached hydrogen (secondary N) is 1. The Morgan fingerprint density at radius 1 is 1.03 bits per heavy atom. The van der Waals surface area contributed by atoms with E-state index in [1.807, 2.05) is 6.92 Å². The van der Waals surface area contributed by atoms with E-state index in [4.69, 9.17) is 14.2 Å². The molecule has 0 heterocycles. The van der Waals surface area contributed by atoms with Crippen LogP contribution in [0, 0.1) is 0 Å². The van der Waals surface area contributed by atoms with E-state index in [0.717, 1.165) is 51.4 Å². The Morgan fingerprint density at radius 2 is 1.76 bits per heavy atom. The van der Waals surface area contributed by atoms with Crippen LogP contribution in [0.25, 0.3) is 0 Å². The second kappa shape index (κ2) is 11.8. The number of hydrogen-bond acceptors (Lipinski definition) is 5. The van der Waals surface area contributed by atoms with E-state index in [0.29, 0.717) is 30.2 Å². The van der Waals surface area contributed by atoms with Gasteiger partial charge < -0.3 is 19.5 Å². The van der Waals surface area contributed by atoms with Gasteiger partial charge in [0.05, 0.1) is 13.2 Å². The predicted octanol–water partition coefficient (Wildman–Crippen LogP) is 5.11. The van der Waals surface area contributed by atoms with Crippen molar-refractivity contribution in [3.63, 3.8) is 0 Å². The van der Waals surface area contributed by atoms with Gasteiger partial charge in [0.15, 0.2) is 0 Å². The number of esters is 1. The third-order valence-corrected chi connectivity index (χ3v) is 5.23. The summed E-state index contributed by atoms with van der Waals surface area (Å²) in [6.45, 7) is 7.06. The molecule has 1 aromatic rings. The minimum Gasteiger partial charge on any atom is -0.493 e. The number of unbranched alkanes of at least 4 members (excludes halogenated alkanes) is 1. The lowest BCUT2D eigenvalue weighted by Crippen LogP contribution is -2.45. The minimum absolute atomic E-state index is 0.143. The molecule has 0 aliphatic heterocycles. The first-order chi connectivity index (χ1) is 14.1. The van der Waals surface area contributed by atoms with Gasteiger partial charge in [-0.25, -0.2) is 4.79 Å². The van der Waals surface area contributed by atoms with Crippen molar-refractivity contribution in [1.82, 2.24) is 0 Å². The number of benzene rings is 1. The molecule has 0 bridgehead atoms. The topological polar surface area (TPSA) is 73.9 Å². The molecule has 1 N–H and O–H groups in total. The molecular formula is C23H35NO5.